The lowest BCUT2D eigenvalue weighted by Gasteiger charge is -2.35. The fraction of sp³-hybridized carbons (Fsp3) is 0.600. The predicted molar refractivity (Wildman–Crippen MR) is 84.5 cm³/mol. The molecule has 0 spiro atoms. The number of aliphatic hydroxyl groups excluding tert-OH is 1. The highest BCUT2D eigenvalue weighted by Gasteiger charge is 2.20. The van der Waals surface area contributed by atoms with Gasteiger partial charge in [0.1, 0.15) is 0 Å². The van der Waals surface area contributed by atoms with Crippen LogP contribution in [0.4, 0.5) is 5.69 Å². The first-order valence-corrected chi connectivity index (χ1v) is 8.92. The van der Waals surface area contributed by atoms with Crippen LogP contribution in [0.2, 0.25) is 0 Å². The maximum atomic E-state index is 12.1. The summed E-state index contributed by atoms with van der Waals surface area (Å²) >= 11 is 0. The van der Waals surface area contributed by atoms with Gasteiger partial charge < -0.3 is 10.0 Å². The summed E-state index contributed by atoms with van der Waals surface area (Å²) in [6.45, 7) is 7.96. The molecule has 6 heteroatoms. The third kappa shape index (κ3) is 3.75. The van der Waals surface area contributed by atoms with Gasteiger partial charge in [-0.2, -0.15) is 0 Å². The highest BCUT2D eigenvalue weighted by Crippen LogP contribution is 2.21. The Morgan fingerprint density at radius 2 is 1.67 bits per heavy atom. The van der Waals surface area contributed by atoms with Crippen LogP contribution in [0.1, 0.15) is 13.8 Å². The Balaban J connectivity index is 2.04. The van der Waals surface area contributed by atoms with Crippen molar-refractivity contribution < 1.29 is 13.5 Å². The average Bonchev–Trinajstić information content (AvgIpc) is 2.48. The largest absolute Gasteiger partial charge is 0.395 e. The van der Waals surface area contributed by atoms with Crippen LogP contribution in [-0.2, 0) is 9.84 Å². The summed E-state index contributed by atoms with van der Waals surface area (Å²) in [7, 11) is -3.20. The van der Waals surface area contributed by atoms with Crippen molar-refractivity contribution in [3.8, 4) is 0 Å². The summed E-state index contributed by atoms with van der Waals surface area (Å²) in [6, 6.07) is 7.17. The highest BCUT2D eigenvalue weighted by atomic mass is 32.2. The van der Waals surface area contributed by atoms with Crippen molar-refractivity contribution in [1.29, 1.82) is 0 Å². The van der Waals surface area contributed by atoms with E-state index in [9.17, 15) is 8.42 Å². The van der Waals surface area contributed by atoms with Gasteiger partial charge in [-0.3, -0.25) is 4.90 Å². The molecule has 5 nitrogen and oxygen atoms in total. The molecular formula is C15H24N2O3S. The smallest absolute Gasteiger partial charge is 0.180 e. The molecule has 1 heterocycles. The summed E-state index contributed by atoms with van der Waals surface area (Å²) in [4.78, 5) is 4.87. The molecule has 21 heavy (non-hydrogen) atoms. The molecule has 1 aliphatic rings. The molecule has 0 amide bonds. The van der Waals surface area contributed by atoms with Crippen LogP contribution in [0.15, 0.2) is 29.2 Å². The van der Waals surface area contributed by atoms with Gasteiger partial charge in [0.15, 0.2) is 9.84 Å². The second-order valence-electron chi connectivity index (χ2n) is 5.64. The van der Waals surface area contributed by atoms with Crippen LogP contribution >= 0.6 is 0 Å². The number of nitrogens with zero attached hydrogens (tertiary/aromatic N) is 2. The summed E-state index contributed by atoms with van der Waals surface area (Å²) in [5, 5.41) is 8.54. The van der Waals surface area contributed by atoms with E-state index >= 15 is 0 Å². The molecule has 0 radical (unpaired) electrons. The SMILES string of the molecule is CC(C)S(=O)(=O)c1ccc(N2CCN(CCO)CC2)cc1. The van der Waals surface area contributed by atoms with Gasteiger partial charge in [-0.25, -0.2) is 8.42 Å². The zero-order chi connectivity index (χ0) is 15.5. The number of aliphatic hydroxyl groups is 1. The van der Waals surface area contributed by atoms with Gasteiger partial charge in [0.2, 0.25) is 0 Å². The second kappa shape index (κ2) is 6.77. The molecule has 0 aliphatic carbocycles. The molecule has 1 aliphatic heterocycles. The molecule has 1 aromatic carbocycles. The number of sulfone groups is 1. The van der Waals surface area contributed by atoms with Gasteiger partial charge in [0, 0.05) is 38.4 Å². The van der Waals surface area contributed by atoms with E-state index in [-0.39, 0.29) is 6.61 Å². The Morgan fingerprint density at radius 3 is 2.14 bits per heavy atom. The predicted octanol–water partition coefficient (Wildman–Crippen LogP) is 0.983. The topological polar surface area (TPSA) is 60.9 Å². The minimum absolute atomic E-state index is 0.196. The molecule has 0 unspecified atom stereocenters. The van der Waals surface area contributed by atoms with E-state index < -0.39 is 15.1 Å². The minimum Gasteiger partial charge on any atom is -0.395 e. The zero-order valence-electron chi connectivity index (χ0n) is 12.7. The van der Waals surface area contributed by atoms with Crippen molar-refractivity contribution in [3.63, 3.8) is 0 Å². The number of anilines is 1. The molecule has 0 aromatic heterocycles. The van der Waals surface area contributed by atoms with Gasteiger partial charge >= 0.3 is 0 Å². The number of rotatable bonds is 5. The van der Waals surface area contributed by atoms with Gasteiger partial charge in [0.25, 0.3) is 0 Å². The zero-order valence-corrected chi connectivity index (χ0v) is 13.5. The lowest BCUT2D eigenvalue weighted by Crippen LogP contribution is -2.47. The molecule has 1 aromatic rings. The van der Waals surface area contributed by atoms with Crippen LogP contribution in [0.5, 0.6) is 0 Å². The number of benzene rings is 1. The van der Waals surface area contributed by atoms with Crippen LogP contribution in [0, 0.1) is 0 Å². The van der Waals surface area contributed by atoms with Gasteiger partial charge in [-0.05, 0) is 38.1 Å². The second-order valence-corrected chi connectivity index (χ2v) is 8.14. The molecule has 0 bridgehead atoms. The summed E-state index contributed by atoms with van der Waals surface area (Å²) in [6.07, 6.45) is 0. The van der Waals surface area contributed by atoms with E-state index in [1.54, 1.807) is 26.0 Å². The Hall–Kier alpha value is -1.11. The first-order chi connectivity index (χ1) is 9.95. The van der Waals surface area contributed by atoms with Crippen molar-refractivity contribution in [2.24, 2.45) is 0 Å². The lowest BCUT2D eigenvalue weighted by atomic mass is 10.2. The maximum Gasteiger partial charge on any atom is 0.180 e. The Labute approximate surface area is 127 Å². The maximum absolute atomic E-state index is 12.1. The van der Waals surface area contributed by atoms with Crippen LogP contribution in [0.3, 0.4) is 0 Å². The van der Waals surface area contributed by atoms with E-state index in [2.05, 4.69) is 9.80 Å². The molecular weight excluding hydrogens is 288 g/mol. The first-order valence-electron chi connectivity index (χ1n) is 7.37. The van der Waals surface area contributed by atoms with Crippen molar-refractivity contribution in [2.45, 2.75) is 24.0 Å². The third-order valence-corrected chi connectivity index (χ3v) is 6.11. The Kier molecular flexibility index (Phi) is 5.24. The molecule has 1 saturated heterocycles. The van der Waals surface area contributed by atoms with Crippen LogP contribution in [-0.4, -0.2) is 63.0 Å². The van der Waals surface area contributed by atoms with Crippen molar-refractivity contribution >= 4 is 15.5 Å². The molecule has 0 saturated carbocycles. The quantitative estimate of drug-likeness (QED) is 0.878. The van der Waals surface area contributed by atoms with Crippen LogP contribution in [0.25, 0.3) is 0 Å². The summed E-state index contributed by atoms with van der Waals surface area (Å²) in [5.74, 6) is 0. The third-order valence-electron chi connectivity index (χ3n) is 3.94. The van der Waals surface area contributed by atoms with Crippen molar-refractivity contribution in [3.05, 3.63) is 24.3 Å². The van der Waals surface area contributed by atoms with E-state index in [1.165, 1.54) is 0 Å². The van der Waals surface area contributed by atoms with E-state index in [0.29, 0.717) is 4.90 Å². The molecule has 0 atom stereocenters. The minimum atomic E-state index is -3.20. The number of β-amino-alcohol motifs (C(OH)–C–C–N with tert-alkyl or cyclic N) is 1. The number of hydrogen-bond acceptors (Lipinski definition) is 5. The number of hydrogen-bond donors (Lipinski definition) is 1. The van der Waals surface area contributed by atoms with E-state index in [0.717, 1.165) is 38.4 Å². The summed E-state index contributed by atoms with van der Waals surface area (Å²) in [5.41, 5.74) is 1.06. The Bertz CT molecular complexity index is 547. The van der Waals surface area contributed by atoms with Crippen molar-refractivity contribution in [1.82, 2.24) is 4.90 Å². The monoisotopic (exact) mass is 312 g/mol. The molecule has 1 fully saturated rings. The molecule has 118 valence electrons. The molecule has 1 N–H and O–H groups in total. The average molecular weight is 312 g/mol. The van der Waals surface area contributed by atoms with Gasteiger partial charge in [-0.1, -0.05) is 0 Å². The fourth-order valence-corrected chi connectivity index (χ4v) is 3.55. The normalized spacial score (nSPS) is 17.4. The van der Waals surface area contributed by atoms with Gasteiger partial charge in [-0.15, -0.1) is 0 Å². The van der Waals surface area contributed by atoms with Gasteiger partial charge in [0.05, 0.1) is 16.8 Å². The van der Waals surface area contributed by atoms with Crippen molar-refractivity contribution in [2.75, 3.05) is 44.2 Å². The summed E-state index contributed by atoms with van der Waals surface area (Å²) < 4.78 is 24.2. The van der Waals surface area contributed by atoms with E-state index in [1.807, 2.05) is 12.1 Å². The standard InChI is InChI=1S/C15H24N2O3S/c1-13(2)21(19,20)15-5-3-14(4-6-15)17-9-7-16(8-10-17)11-12-18/h3-6,13,18H,7-12H2,1-2H3. The van der Waals surface area contributed by atoms with E-state index in [4.69, 9.17) is 5.11 Å². The number of piperazine rings is 1. The Morgan fingerprint density at radius 1 is 1.10 bits per heavy atom. The highest BCUT2D eigenvalue weighted by molar-refractivity contribution is 7.92. The fourth-order valence-electron chi connectivity index (χ4n) is 2.49. The first kappa shape index (κ1) is 16.3. The lowest BCUT2D eigenvalue weighted by molar-refractivity contribution is 0.189. The molecule has 2 rings (SSSR count). The van der Waals surface area contributed by atoms with Crippen LogP contribution < -0.4 is 4.90 Å².